The lowest BCUT2D eigenvalue weighted by Gasteiger charge is -2.34. The Morgan fingerprint density at radius 3 is 2.93 bits per heavy atom. The van der Waals surface area contributed by atoms with E-state index < -0.39 is 6.02 Å². The molecular weight excluding hydrogens is 354 g/mol. The highest BCUT2D eigenvalue weighted by molar-refractivity contribution is 6.03. The predicted octanol–water partition coefficient (Wildman–Crippen LogP) is 3.24. The molecule has 1 aliphatic heterocycles. The molecule has 0 spiro atoms. The number of piperidine rings is 1. The number of benzene rings is 1. The van der Waals surface area contributed by atoms with Crippen molar-refractivity contribution in [2.45, 2.75) is 32.2 Å². The summed E-state index contributed by atoms with van der Waals surface area (Å²) in [6.07, 6.45) is 7.28. The summed E-state index contributed by atoms with van der Waals surface area (Å²) >= 11 is 0. The second kappa shape index (κ2) is 7.30. The van der Waals surface area contributed by atoms with Gasteiger partial charge in [0, 0.05) is 47.0 Å². The number of hydrogen-bond donors (Lipinski definition) is 4. The zero-order valence-electron chi connectivity index (χ0n) is 15.7. The molecule has 3 heterocycles. The quantitative estimate of drug-likeness (QED) is 0.411. The van der Waals surface area contributed by atoms with Gasteiger partial charge in [-0.15, -0.1) is 0 Å². The average molecular weight is 377 g/mol. The Morgan fingerprint density at radius 2 is 2.14 bits per heavy atom. The van der Waals surface area contributed by atoms with Crippen LogP contribution in [0.2, 0.25) is 0 Å². The number of nitrogens with one attached hydrogen (secondary N) is 3. The number of fused-ring (bicyclic) bond motifs is 1. The smallest absolute Gasteiger partial charge is 0.285 e. The van der Waals surface area contributed by atoms with Crippen LogP contribution in [0.1, 0.15) is 31.7 Å². The van der Waals surface area contributed by atoms with E-state index in [1.54, 1.807) is 12.3 Å². The van der Waals surface area contributed by atoms with Crippen LogP contribution in [0.5, 0.6) is 0 Å². The summed E-state index contributed by atoms with van der Waals surface area (Å²) in [5, 5.41) is 16.1. The summed E-state index contributed by atoms with van der Waals surface area (Å²) in [6, 6.07) is 7.36. The molecule has 5 N–H and O–H groups in total. The third-order valence-electron chi connectivity index (χ3n) is 5.13. The molecule has 8 nitrogen and oxygen atoms in total. The van der Waals surface area contributed by atoms with Crippen molar-refractivity contribution in [1.29, 1.82) is 10.8 Å². The number of nitrogens with zero attached hydrogens (tertiary/aromatic N) is 3. The Morgan fingerprint density at radius 1 is 1.29 bits per heavy atom. The van der Waals surface area contributed by atoms with E-state index in [1.165, 1.54) is 19.3 Å². The maximum atomic E-state index is 7.96. The summed E-state index contributed by atoms with van der Waals surface area (Å²) in [7, 11) is 0. The number of hydrogen-bond acceptors (Lipinski definition) is 6. The van der Waals surface area contributed by atoms with Gasteiger partial charge in [0.05, 0.1) is 0 Å². The Bertz CT molecular complexity index is 1040. The van der Waals surface area contributed by atoms with E-state index in [0.717, 1.165) is 28.8 Å². The van der Waals surface area contributed by atoms with Gasteiger partial charge in [0.25, 0.3) is 6.02 Å². The van der Waals surface area contributed by atoms with Crippen LogP contribution in [-0.2, 0) is 4.74 Å². The third-order valence-corrected chi connectivity index (χ3v) is 5.13. The van der Waals surface area contributed by atoms with Crippen molar-refractivity contribution in [1.82, 2.24) is 15.0 Å². The fourth-order valence-corrected chi connectivity index (χ4v) is 3.69. The number of nitrogens with two attached hydrogens (primary N) is 1. The van der Waals surface area contributed by atoms with Crippen LogP contribution in [0.4, 0.5) is 5.82 Å². The molecule has 28 heavy (non-hydrogen) atoms. The van der Waals surface area contributed by atoms with Gasteiger partial charge in [0.2, 0.25) is 5.90 Å². The number of H-pyrrole nitrogens is 1. The van der Waals surface area contributed by atoms with Crippen LogP contribution in [0.15, 0.2) is 36.7 Å². The van der Waals surface area contributed by atoms with Gasteiger partial charge < -0.3 is 20.4 Å². The van der Waals surface area contributed by atoms with Crippen LogP contribution in [0.25, 0.3) is 22.3 Å². The molecule has 0 saturated carbocycles. The normalized spacial score (nSPS) is 16.9. The lowest BCUT2D eigenvalue weighted by Crippen LogP contribution is -2.38. The fraction of sp³-hybridized carbons (Fsp3) is 0.300. The van der Waals surface area contributed by atoms with Crippen LogP contribution in [-0.4, -0.2) is 39.5 Å². The Balaban J connectivity index is 1.72. The lowest BCUT2D eigenvalue weighted by atomic mass is 10.0. The highest BCUT2D eigenvalue weighted by atomic mass is 16.5. The minimum atomic E-state index is -0.508. The van der Waals surface area contributed by atoms with E-state index in [9.17, 15) is 0 Å². The minimum Gasteiger partial charge on any atom is -0.407 e. The highest BCUT2D eigenvalue weighted by Crippen LogP contribution is 2.29. The first-order chi connectivity index (χ1) is 13.5. The Hall–Kier alpha value is -3.42. The molecule has 1 fully saturated rings. The standard InChI is InChI=1S/C20H23N7O/c1-12-4-2-3-9-27(12)17-7-8-24-19(26-17)15-11-25-16-6-5-13(10-14(15)16)18(21)28-20(22)23/h5-8,10-12,21,25H,2-4,9H2,1H3,(H3,22,23). The minimum absolute atomic E-state index is 0.168. The first-order valence-electron chi connectivity index (χ1n) is 9.35. The van der Waals surface area contributed by atoms with E-state index in [4.69, 9.17) is 26.3 Å². The first kappa shape index (κ1) is 18.0. The molecule has 1 aromatic carbocycles. The van der Waals surface area contributed by atoms with Gasteiger partial charge in [0.15, 0.2) is 5.82 Å². The Labute approximate surface area is 162 Å². The van der Waals surface area contributed by atoms with Crippen molar-refractivity contribution in [3.63, 3.8) is 0 Å². The molecule has 0 radical (unpaired) electrons. The van der Waals surface area contributed by atoms with Crippen molar-refractivity contribution >= 4 is 28.6 Å². The number of ether oxygens (including phenoxy) is 1. The zero-order valence-corrected chi connectivity index (χ0v) is 15.7. The first-order valence-corrected chi connectivity index (χ1v) is 9.35. The van der Waals surface area contributed by atoms with Crippen LogP contribution in [0, 0.1) is 10.8 Å². The molecular formula is C20H23N7O. The SMILES string of the molecule is CC1CCCCN1c1ccnc(-c2c[nH]c3ccc(C(=N)OC(=N)N)cc23)n1. The van der Waals surface area contributed by atoms with E-state index in [2.05, 4.69) is 21.8 Å². The summed E-state index contributed by atoms with van der Waals surface area (Å²) in [5.74, 6) is 1.41. The largest absolute Gasteiger partial charge is 0.407 e. The predicted molar refractivity (Wildman–Crippen MR) is 110 cm³/mol. The summed E-state index contributed by atoms with van der Waals surface area (Å²) in [4.78, 5) is 14.9. The van der Waals surface area contributed by atoms with E-state index >= 15 is 0 Å². The van der Waals surface area contributed by atoms with E-state index in [1.807, 2.05) is 24.4 Å². The van der Waals surface area contributed by atoms with Crippen LogP contribution >= 0.6 is 0 Å². The zero-order chi connectivity index (χ0) is 19.7. The molecule has 0 amide bonds. The molecule has 1 atom stereocenters. The van der Waals surface area contributed by atoms with Gasteiger partial charge >= 0.3 is 0 Å². The molecule has 2 aromatic heterocycles. The van der Waals surface area contributed by atoms with Crippen molar-refractivity contribution in [3.05, 3.63) is 42.2 Å². The van der Waals surface area contributed by atoms with Crippen LogP contribution < -0.4 is 10.6 Å². The molecule has 1 unspecified atom stereocenters. The number of rotatable bonds is 3. The van der Waals surface area contributed by atoms with Crippen molar-refractivity contribution in [2.24, 2.45) is 5.73 Å². The maximum absolute atomic E-state index is 7.96. The molecule has 3 aromatic rings. The second-order valence-corrected chi connectivity index (χ2v) is 7.03. The average Bonchev–Trinajstić information content (AvgIpc) is 3.11. The van der Waals surface area contributed by atoms with Crippen LogP contribution in [0.3, 0.4) is 0 Å². The molecule has 4 rings (SSSR count). The number of amidine groups is 1. The maximum Gasteiger partial charge on any atom is 0.285 e. The van der Waals surface area contributed by atoms with E-state index in [-0.39, 0.29) is 5.90 Å². The summed E-state index contributed by atoms with van der Waals surface area (Å²) in [6.45, 7) is 3.24. The molecule has 1 aliphatic rings. The van der Waals surface area contributed by atoms with Crippen molar-refractivity contribution < 1.29 is 4.74 Å². The number of aromatic nitrogens is 3. The third kappa shape index (κ3) is 3.40. The topological polar surface area (TPSA) is 128 Å². The summed E-state index contributed by atoms with van der Waals surface area (Å²) < 4.78 is 4.91. The second-order valence-electron chi connectivity index (χ2n) is 7.03. The number of anilines is 1. The molecule has 1 saturated heterocycles. The van der Waals surface area contributed by atoms with Crippen molar-refractivity contribution in [2.75, 3.05) is 11.4 Å². The van der Waals surface area contributed by atoms with Gasteiger partial charge in [-0.2, -0.15) is 0 Å². The summed E-state index contributed by atoms with van der Waals surface area (Å²) in [5.41, 5.74) is 7.54. The highest BCUT2D eigenvalue weighted by Gasteiger charge is 2.20. The molecule has 8 heteroatoms. The van der Waals surface area contributed by atoms with Gasteiger partial charge in [-0.25, -0.2) is 9.97 Å². The Kier molecular flexibility index (Phi) is 4.68. The van der Waals surface area contributed by atoms with Gasteiger partial charge in [0.1, 0.15) is 5.82 Å². The van der Waals surface area contributed by atoms with Gasteiger partial charge in [-0.1, -0.05) is 0 Å². The number of aromatic amines is 1. The molecule has 0 aliphatic carbocycles. The van der Waals surface area contributed by atoms with Crippen molar-refractivity contribution in [3.8, 4) is 11.4 Å². The van der Waals surface area contributed by atoms with Gasteiger partial charge in [-0.05, 0) is 50.5 Å². The monoisotopic (exact) mass is 377 g/mol. The van der Waals surface area contributed by atoms with Gasteiger partial charge in [-0.3, -0.25) is 10.8 Å². The van der Waals surface area contributed by atoms with E-state index in [0.29, 0.717) is 17.4 Å². The molecule has 144 valence electrons. The molecule has 0 bridgehead atoms. The lowest BCUT2D eigenvalue weighted by molar-refractivity contribution is 0.481. The fourth-order valence-electron chi connectivity index (χ4n) is 3.69.